The summed E-state index contributed by atoms with van der Waals surface area (Å²) in [5.74, 6) is 1.94. The average molecular weight is 293 g/mol. The van der Waals surface area contributed by atoms with Gasteiger partial charge in [-0.1, -0.05) is 31.0 Å². The van der Waals surface area contributed by atoms with Crippen LogP contribution in [0.25, 0.3) is 0 Å². The minimum absolute atomic E-state index is 0.442. The van der Waals surface area contributed by atoms with Gasteiger partial charge in [0.2, 0.25) is 5.88 Å². The molecule has 1 aromatic heterocycles. The first-order valence-corrected chi connectivity index (χ1v) is 7.02. The second-order valence-corrected chi connectivity index (χ2v) is 4.57. The standard InChI is InChI=1S/C15H17ClN2O2/c1-3-6-13-14(16)17-10-18-15(13)20-12-8-5-7-11(9-12)19-4-2/h5,7-10H,3-4,6H2,1-2H3. The molecule has 0 atom stereocenters. The Morgan fingerprint density at radius 3 is 2.70 bits per heavy atom. The summed E-state index contributed by atoms with van der Waals surface area (Å²) >= 11 is 6.10. The highest BCUT2D eigenvalue weighted by atomic mass is 35.5. The Balaban J connectivity index is 2.25. The summed E-state index contributed by atoms with van der Waals surface area (Å²) in [6.07, 6.45) is 3.13. The molecule has 0 aliphatic heterocycles. The minimum atomic E-state index is 0.442. The Labute approximate surface area is 123 Å². The van der Waals surface area contributed by atoms with Crippen LogP contribution in [0.4, 0.5) is 0 Å². The zero-order valence-electron chi connectivity index (χ0n) is 11.6. The molecule has 106 valence electrons. The molecular weight excluding hydrogens is 276 g/mol. The third kappa shape index (κ3) is 3.61. The summed E-state index contributed by atoms with van der Waals surface area (Å²) in [6, 6.07) is 7.45. The molecule has 0 saturated heterocycles. The maximum Gasteiger partial charge on any atom is 0.227 e. The van der Waals surface area contributed by atoms with Crippen LogP contribution >= 0.6 is 11.6 Å². The molecule has 2 rings (SSSR count). The molecule has 5 heteroatoms. The van der Waals surface area contributed by atoms with Crippen molar-refractivity contribution in [3.05, 3.63) is 41.3 Å². The molecule has 0 aliphatic rings. The lowest BCUT2D eigenvalue weighted by Crippen LogP contribution is -1.98. The molecular formula is C15H17ClN2O2. The van der Waals surface area contributed by atoms with Gasteiger partial charge in [-0.3, -0.25) is 0 Å². The lowest BCUT2D eigenvalue weighted by Gasteiger charge is -2.11. The number of hydrogen-bond acceptors (Lipinski definition) is 4. The molecule has 0 bridgehead atoms. The summed E-state index contributed by atoms with van der Waals surface area (Å²) in [5.41, 5.74) is 0.832. The normalized spacial score (nSPS) is 10.3. The average Bonchev–Trinajstić information content (AvgIpc) is 2.44. The maximum atomic E-state index is 6.10. The van der Waals surface area contributed by atoms with Crippen LogP contribution in [0, 0.1) is 0 Å². The Morgan fingerprint density at radius 2 is 1.95 bits per heavy atom. The van der Waals surface area contributed by atoms with Crippen molar-refractivity contribution in [1.29, 1.82) is 0 Å². The van der Waals surface area contributed by atoms with Crippen LogP contribution in [0.5, 0.6) is 17.4 Å². The summed E-state index contributed by atoms with van der Waals surface area (Å²) < 4.78 is 11.3. The molecule has 4 nitrogen and oxygen atoms in total. The zero-order chi connectivity index (χ0) is 14.4. The van der Waals surface area contributed by atoms with Gasteiger partial charge in [-0.25, -0.2) is 9.97 Å². The van der Waals surface area contributed by atoms with Gasteiger partial charge in [-0.15, -0.1) is 0 Å². The molecule has 0 N–H and O–H groups in total. The minimum Gasteiger partial charge on any atom is -0.494 e. The summed E-state index contributed by atoms with van der Waals surface area (Å²) in [6.45, 7) is 4.63. The van der Waals surface area contributed by atoms with E-state index < -0.39 is 0 Å². The van der Waals surface area contributed by atoms with Crippen molar-refractivity contribution in [1.82, 2.24) is 9.97 Å². The molecule has 2 aromatic rings. The van der Waals surface area contributed by atoms with Crippen LogP contribution in [0.1, 0.15) is 25.8 Å². The highest BCUT2D eigenvalue weighted by Crippen LogP contribution is 2.29. The molecule has 0 spiro atoms. The number of ether oxygens (including phenoxy) is 2. The monoisotopic (exact) mass is 292 g/mol. The topological polar surface area (TPSA) is 44.2 Å². The first-order chi connectivity index (χ1) is 9.74. The first-order valence-electron chi connectivity index (χ1n) is 6.64. The van der Waals surface area contributed by atoms with Gasteiger partial charge in [0.05, 0.1) is 12.2 Å². The van der Waals surface area contributed by atoms with E-state index in [1.54, 1.807) is 0 Å². The van der Waals surface area contributed by atoms with E-state index in [-0.39, 0.29) is 0 Å². The molecule has 0 saturated carbocycles. The fourth-order valence-corrected chi connectivity index (χ4v) is 2.05. The number of aromatic nitrogens is 2. The zero-order valence-corrected chi connectivity index (χ0v) is 12.4. The number of benzene rings is 1. The third-order valence-electron chi connectivity index (χ3n) is 2.68. The second kappa shape index (κ2) is 7.10. The Bertz CT molecular complexity index is 576. The van der Waals surface area contributed by atoms with Crippen LogP contribution < -0.4 is 9.47 Å². The third-order valence-corrected chi connectivity index (χ3v) is 3.01. The van der Waals surface area contributed by atoms with E-state index in [2.05, 4.69) is 16.9 Å². The lowest BCUT2D eigenvalue weighted by atomic mass is 10.2. The van der Waals surface area contributed by atoms with Gasteiger partial charge in [0.25, 0.3) is 0 Å². The Hall–Kier alpha value is -1.81. The first kappa shape index (κ1) is 14.6. The number of hydrogen-bond donors (Lipinski definition) is 0. The van der Waals surface area contributed by atoms with E-state index in [0.29, 0.717) is 23.4 Å². The van der Waals surface area contributed by atoms with Crippen LogP contribution in [0.15, 0.2) is 30.6 Å². The number of halogens is 1. The van der Waals surface area contributed by atoms with Crippen LogP contribution in [-0.4, -0.2) is 16.6 Å². The smallest absolute Gasteiger partial charge is 0.227 e. The summed E-state index contributed by atoms with van der Waals surface area (Å²) in [7, 11) is 0. The van der Waals surface area contributed by atoms with Crippen molar-refractivity contribution in [3.63, 3.8) is 0 Å². The SMILES string of the molecule is CCCc1c(Cl)ncnc1Oc1cccc(OCC)c1. The molecule has 1 heterocycles. The van der Waals surface area contributed by atoms with E-state index >= 15 is 0 Å². The van der Waals surface area contributed by atoms with E-state index in [9.17, 15) is 0 Å². The fraction of sp³-hybridized carbons (Fsp3) is 0.333. The van der Waals surface area contributed by atoms with Crippen molar-refractivity contribution in [3.8, 4) is 17.4 Å². The van der Waals surface area contributed by atoms with Crippen LogP contribution in [0.2, 0.25) is 5.15 Å². The van der Waals surface area contributed by atoms with E-state index in [4.69, 9.17) is 21.1 Å². The van der Waals surface area contributed by atoms with Gasteiger partial charge in [-0.2, -0.15) is 0 Å². The van der Waals surface area contributed by atoms with E-state index in [0.717, 1.165) is 24.2 Å². The summed E-state index contributed by atoms with van der Waals surface area (Å²) in [4.78, 5) is 8.17. The maximum absolute atomic E-state index is 6.10. The van der Waals surface area contributed by atoms with Crippen LogP contribution in [-0.2, 0) is 6.42 Å². The van der Waals surface area contributed by atoms with E-state index in [1.165, 1.54) is 6.33 Å². The predicted octanol–water partition coefficient (Wildman–Crippen LogP) is 4.27. The van der Waals surface area contributed by atoms with Crippen molar-refractivity contribution in [2.75, 3.05) is 6.61 Å². The van der Waals surface area contributed by atoms with Gasteiger partial charge < -0.3 is 9.47 Å². The molecule has 1 aromatic carbocycles. The second-order valence-electron chi connectivity index (χ2n) is 4.21. The quantitative estimate of drug-likeness (QED) is 0.746. The Kier molecular flexibility index (Phi) is 5.18. The lowest BCUT2D eigenvalue weighted by molar-refractivity contribution is 0.337. The predicted molar refractivity (Wildman–Crippen MR) is 78.7 cm³/mol. The number of rotatable bonds is 6. The van der Waals surface area contributed by atoms with Crippen molar-refractivity contribution < 1.29 is 9.47 Å². The molecule has 0 amide bonds. The fourth-order valence-electron chi connectivity index (χ4n) is 1.83. The van der Waals surface area contributed by atoms with Crippen molar-refractivity contribution in [2.45, 2.75) is 26.7 Å². The van der Waals surface area contributed by atoms with Crippen LogP contribution in [0.3, 0.4) is 0 Å². The van der Waals surface area contributed by atoms with Gasteiger partial charge in [0.15, 0.2) is 0 Å². The molecule has 0 fully saturated rings. The molecule has 0 aliphatic carbocycles. The van der Waals surface area contributed by atoms with Gasteiger partial charge in [-0.05, 0) is 25.5 Å². The summed E-state index contributed by atoms with van der Waals surface area (Å²) in [5, 5.41) is 0.442. The molecule has 0 radical (unpaired) electrons. The van der Waals surface area contributed by atoms with Gasteiger partial charge in [0.1, 0.15) is 23.0 Å². The highest BCUT2D eigenvalue weighted by Gasteiger charge is 2.11. The van der Waals surface area contributed by atoms with Crippen molar-refractivity contribution >= 4 is 11.6 Å². The Morgan fingerprint density at radius 1 is 1.15 bits per heavy atom. The highest BCUT2D eigenvalue weighted by molar-refractivity contribution is 6.30. The number of nitrogens with zero attached hydrogens (tertiary/aromatic N) is 2. The van der Waals surface area contributed by atoms with Gasteiger partial charge in [0, 0.05) is 6.07 Å². The largest absolute Gasteiger partial charge is 0.494 e. The van der Waals surface area contributed by atoms with E-state index in [1.807, 2.05) is 31.2 Å². The molecule has 0 unspecified atom stereocenters. The van der Waals surface area contributed by atoms with Gasteiger partial charge >= 0.3 is 0 Å². The van der Waals surface area contributed by atoms with Crippen molar-refractivity contribution in [2.24, 2.45) is 0 Å². The molecule has 20 heavy (non-hydrogen) atoms.